The normalized spacial score (nSPS) is 27.0. The van der Waals surface area contributed by atoms with Crippen molar-refractivity contribution in [2.24, 2.45) is 5.92 Å². The van der Waals surface area contributed by atoms with Crippen LogP contribution < -0.4 is 5.32 Å². The Labute approximate surface area is 129 Å². The zero-order valence-electron chi connectivity index (χ0n) is 13.6. The van der Waals surface area contributed by atoms with Gasteiger partial charge in [-0.05, 0) is 42.7 Å². The lowest BCUT2D eigenvalue weighted by Gasteiger charge is -2.41. The average molecular weight is 286 g/mol. The van der Waals surface area contributed by atoms with E-state index in [1.54, 1.807) is 0 Å². The summed E-state index contributed by atoms with van der Waals surface area (Å²) in [5.74, 6) is 0.956. The minimum absolute atomic E-state index is 0.718. The monoisotopic (exact) mass is 286 g/mol. The number of hydrogen-bond acceptors (Lipinski definition) is 2. The number of piperazine rings is 1. The lowest BCUT2D eigenvalue weighted by atomic mass is 10.0. The number of rotatable bonds is 6. The molecule has 1 N–H and O–H groups in total. The summed E-state index contributed by atoms with van der Waals surface area (Å²) in [6.07, 6.45) is 6.61. The van der Waals surface area contributed by atoms with Gasteiger partial charge in [0.05, 0.1) is 0 Å². The van der Waals surface area contributed by atoms with Crippen molar-refractivity contribution < 1.29 is 0 Å². The summed E-state index contributed by atoms with van der Waals surface area (Å²) in [6.45, 7) is 8.08. The Balaban J connectivity index is 1.65. The van der Waals surface area contributed by atoms with Gasteiger partial charge in [-0.1, -0.05) is 44.5 Å². The first kappa shape index (κ1) is 15.1. The molecule has 1 aromatic carbocycles. The maximum atomic E-state index is 3.81. The Morgan fingerprint density at radius 3 is 2.43 bits per heavy atom. The topological polar surface area (TPSA) is 15.3 Å². The predicted molar refractivity (Wildman–Crippen MR) is 89.4 cm³/mol. The average Bonchev–Trinajstić information content (AvgIpc) is 3.35. The molecule has 21 heavy (non-hydrogen) atoms. The predicted octanol–water partition coefficient (Wildman–Crippen LogP) is 3.60. The lowest BCUT2D eigenvalue weighted by Crippen LogP contribution is -2.56. The van der Waals surface area contributed by atoms with E-state index in [9.17, 15) is 0 Å². The van der Waals surface area contributed by atoms with E-state index in [-0.39, 0.29) is 0 Å². The van der Waals surface area contributed by atoms with E-state index >= 15 is 0 Å². The molecule has 3 rings (SSSR count). The van der Waals surface area contributed by atoms with E-state index in [2.05, 4.69) is 48.3 Å². The highest BCUT2D eigenvalue weighted by atomic mass is 15.2. The molecule has 2 nitrogen and oxygen atoms in total. The maximum absolute atomic E-state index is 3.81. The Bertz CT molecular complexity index is 435. The third kappa shape index (κ3) is 3.87. The molecule has 2 heteroatoms. The van der Waals surface area contributed by atoms with E-state index < -0.39 is 0 Å². The molecule has 0 amide bonds. The molecular weight excluding hydrogens is 256 g/mol. The Morgan fingerprint density at radius 1 is 1.10 bits per heavy atom. The standard InChI is InChI=1S/C19H30N2/c1-3-5-18-12-20-19(17-10-11-17)14-21(18)13-16-8-6-15(4-2)7-9-16/h6-9,17-20H,3-5,10-14H2,1-2H3. The Morgan fingerprint density at radius 2 is 1.81 bits per heavy atom. The highest BCUT2D eigenvalue weighted by Gasteiger charge is 2.36. The second-order valence-corrected chi connectivity index (χ2v) is 6.89. The molecule has 0 aromatic heterocycles. The fourth-order valence-electron chi connectivity index (χ4n) is 3.62. The molecule has 2 fully saturated rings. The molecule has 2 unspecified atom stereocenters. The maximum Gasteiger partial charge on any atom is 0.0237 e. The van der Waals surface area contributed by atoms with Gasteiger partial charge in [-0.2, -0.15) is 0 Å². The first-order valence-corrected chi connectivity index (χ1v) is 8.85. The van der Waals surface area contributed by atoms with E-state index in [0.29, 0.717) is 0 Å². The van der Waals surface area contributed by atoms with E-state index in [1.165, 1.54) is 49.9 Å². The minimum atomic E-state index is 0.718. The number of nitrogens with zero attached hydrogens (tertiary/aromatic N) is 1. The Hall–Kier alpha value is -0.860. The largest absolute Gasteiger partial charge is 0.311 e. The summed E-state index contributed by atoms with van der Waals surface area (Å²) < 4.78 is 0. The van der Waals surface area contributed by atoms with Crippen molar-refractivity contribution in [3.63, 3.8) is 0 Å². The quantitative estimate of drug-likeness (QED) is 0.859. The fraction of sp³-hybridized carbons (Fsp3) is 0.684. The van der Waals surface area contributed by atoms with Crippen LogP contribution in [0.4, 0.5) is 0 Å². The molecule has 2 aliphatic rings. The number of hydrogen-bond donors (Lipinski definition) is 1. The highest BCUT2D eigenvalue weighted by Crippen LogP contribution is 2.34. The van der Waals surface area contributed by atoms with Gasteiger partial charge in [0.25, 0.3) is 0 Å². The van der Waals surface area contributed by atoms with E-state index in [1.807, 2.05) is 0 Å². The summed E-state index contributed by atoms with van der Waals surface area (Å²) in [5.41, 5.74) is 2.92. The fourth-order valence-corrected chi connectivity index (χ4v) is 3.62. The van der Waals surface area contributed by atoms with Crippen LogP contribution in [-0.4, -0.2) is 30.1 Å². The van der Waals surface area contributed by atoms with Gasteiger partial charge in [0.2, 0.25) is 0 Å². The first-order chi connectivity index (χ1) is 10.3. The molecule has 116 valence electrons. The third-order valence-corrected chi connectivity index (χ3v) is 5.19. The van der Waals surface area contributed by atoms with E-state index in [0.717, 1.165) is 31.0 Å². The highest BCUT2D eigenvalue weighted by molar-refractivity contribution is 5.22. The number of nitrogens with one attached hydrogen (secondary N) is 1. The SMILES string of the molecule is CCCC1CNC(C2CC2)CN1Cc1ccc(CC)cc1. The van der Waals surface area contributed by atoms with Crippen LogP contribution >= 0.6 is 0 Å². The van der Waals surface area contributed by atoms with Crippen LogP contribution in [0.1, 0.15) is 50.7 Å². The zero-order chi connectivity index (χ0) is 14.7. The van der Waals surface area contributed by atoms with Gasteiger partial charge in [-0.3, -0.25) is 4.90 Å². The number of benzene rings is 1. The van der Waals surface area contributed by atoms with Crippen LogP contribution in [0, 0.1) is 5.92 Å². The van der Waals surface area contributed by atoms with Gasteiger partial charge < -0.3 is 5.32 Å². The molecular formula is C19H30N2. The van der Waals surface area contributed by atoms with Crippen LogP contribution in [0.5, 0.6) is 0 Å². The van der Waals surface area contributed by atoms with Crippen molar-refractivity contribution in [1.82, 2.24) is 10.2 Å². The van der Waals surface area contributed by atoms with Gasteiger partial charge in [0.1, 0.15) is 0 Å². The Kier molecular flexibility index (Phi) is 4.97. The summed E-state index contributed by atoms with van der Waals surface area (Å²) >= 11 is 0. The summed E-state index contributed by atoms with van der Waals surface area (Å²) in [5, 5.41) is 3.81. The van der Waals surface area contributed by atoms with Crippen LogP contribution in [-0.2, 0) is 13.0 Å². The lowest BCUT2D eigenvalue weighted by molar-refractivity contribution is 0.108. The molecule has 2 atom stereocenters. The van der Waals surface area contributed by atoms with Crippen LogP contribution in [0.15, 0.2) is 24.3 Å². The van der Waals surface area contributed by atoms with Crippen molar-refractivity contribution in [1.29, 1.82) is 0 Å². The van der Waals surface area contributed by atoms with Crippen LogP contribution in [0.2, 0.25) is 0 Å². The van der Waals surface area contributed by atoms with Crippen molar-refractivity contribution in [3.05, 3.63) is 35.4 Å². The number of aryl methyl sites for hydroxylation is 1. The van der Waals surface area contributed by atoms with Crippen LogP contribution in [0.25, 0.3) is 0 Å². The van der Waals surface area contributed by atoms with Crippen molar-refractivity contribution in [2.45, 2.75) is 64.6 Å². The third-order valence-electron chi connectivity index (χ3n) is 5.19. The van der Waals surface area contributed by atoms with Gasteiger partial charge >= 0.3 is 0 Å². The van der Waals surface area contributed by atoms with Crippen molar-refractivity contribution in [3.8, 4) is 0 Å². The second kappa shape index (κ2) is 6.93. The molecule has 0 spiro atoms. The molecule has 1 aliphatic carbocycles. The zero-order valence-corrected chi connectivity index (χ0v) is 13.6. The molecule has 0 radical (unpaired) electrons. The summed E-state index contributed by atoms with van der Waals surface area (Å²) in [4.78, 5) is 2.74. The van der Waals surface area contributed by atoms with Gasteiger partial charge in [-0.25, -0.2) is 0 Å². The molecule has 1 saturated heterocycles. The van der Waals surface area contributed by atoms with Gasteiger partial charge in [0, 0.05) is 31.7 Å². The molecule has 1 saturated carbocycles. The van der Waals surface area contributed by atoms with Gasteiger partial charge in [0.15, 0.2) is 0 Å². The van der Waals surface area contributed by atoms with Crippen molar-refractivity contribution in [2.75, 3.05) is 13.1 Å². The molecule has 1 aliphatic heterocycles. The van der Waals surface area contributed by atoms with Crippen molar-refractivity contribution >= 4 is 0 Å². The van der Waals surface area contributed by atoms with Gasteiger partial charge in [-0.15, -0.1) is 0 Å². The first-order valence-electron chi connectivity index (χ1n) is 8.85. The smallest absolute Gasteiger partial charge is 0.0237 e. The molecule has 0 bridgehead atoms. The summed E-state index contributed by atoms with van der Waals surface area (Å²) in [7, 11) is 0. The second-order valence-electron chi connectivity index (χ2n) is 6.89. The minimum Gasteiger partial charge on any atom is -0.311 e. The van der Waals surface area contributed by atoms with E-state index in [4.69, 9.17) is 0 Å². The summed E-state index contributed by atoms with van der Waals surface area (Å²) in [6, 6.07) is 10.7. The molecule has 1 heterocycles. The van der Waals surface area contributed by atoms with Crippen LogP contribution in [0.3, 0.4) is 0 Å². The molecule has 1 aromatic rings.